The fraction of sp³-hybridized carbons (Fsp3) is 0.214. The van der Waals surface area contributed by atoms with Crippen molar-refractivity contribution < 1.29 is 22.5 Å². The summed E-state index contributed by atoms with van der Waals surface area (Å²) in [4.78, 5) is 4.81. The van der Waals surface area contributed by atoms with Crippen LogP contribution in [0.25, 0.3) is 0 Å². The summed E-state index contributed by atoms with van der Waals surface area (Å²) < 4.78 is 32.8. The topological polar surface area (TPSA) is 82.3 Å². The molecule has 7 heteroatoms. The molecule has 0 saturated heterocycles. The van der Waals surface area contributed by atoms with Gasteiger partial charge >= 0.3 is 5.82 Å². The van der Waals surface area contributed by atoms with Crippen LogP contribution in [0.15, 0.2) is 53.6 Å². The molecule has 0 atom stereocenters. The van der Waals surface area contributed by atoms with Crippen molar-refractivity contribution in [3.05, 3.63) is 54.2 Å². The third-order valence-electron chi connectivity index (χ3n) is 2.59. The van der Waals surface area contributed by atoms with Crippen molar-refractivity contribution in [2.24, 2.45) is 0 Å². The van der Waals surface area contributed by atoms with E-state index in [9.17, 15) is 13.0 Å². The second kappa shape index (κ2) is 7.61. The van der Waals surface area contributed by atoms with Crippen LogP contribution in [0.3, 0.4) is 0 Å². The van der Waals surface area contributed by atoms with Crippen LogP contribution in [0.5, 0.6) is 0 Å². The molecule has 0 amide bonds. The first kappa shape index (κ1) is 16.9. The molecule has 2 aromatic rings. The molecular weight excluding hydrogens is 292 g/mol. The summed E-state index contributed by atoms with van der Waals surface area (Å²) in [6.45, 7) is 1.82. The van der Waals surface area contributed by atoms with E-state index < -0.39 is 10.1 Å². The summed E-state index contributed by atoms with van der Waals surface area (Å²) in [5, 5.41) is 2.98. The fourth-order valence-electron chi connectivity index (χ4n) is 1.49. The summed E-state index contributed by atoms with van der Waals surface area (Å²) in [6, 6.07) is 11.6. The predicted molar refractivity (Wildman–Crippen MR) is 77.8 cm³/mol. The first-order chi connectivity index (χ1) is 9.88. The lowest BCUT2D eigenvalue weighted by atomic mass is 10.2. The Labute approximate surface area is 124 Å². The number of rotatable bonds is 3. The van der Waals surface area contributed by atoms with E-state index in [-0.39, 0.29) is 4.90 Å². The monoisotopic (exact) mass is 310 g/mol. The maximum Gasteiger partial charge on any atom is 0.313 e. The van der Waals surface area contributed by atoms with Crippen LogP contribution in [-0.4, -0.2) is 27.1 Å². The third-order valence-corrected chi connectivity index (χ3v) is 3.44. The van der Waals surface area contributed by atoms with Gasteiger partial charge in [-0.05, 0) is 25.1 Å². The number of nitrogens with one attached hydrogen (secondary N) is 1. The first-order valence-corrected chi connectivity index (χ1v) is 7.55. The number of hydrogen-bond acceptors (Lipinski definition) is 5. The molecule has 21 heavy (non-hydrogen) atoms. The molecule has 1 heterocycles. The van der Waals surface area contributed by atoms with Crippen molar-refractivity contribution in [3.63, 3.8) is 0 Å². The molecule has 0 aliphatic heterocycles. The van der Waals surface area contributed by atoms with Crippen LogP contribution < -0.4 is 14.9 Å². The SMILES string of the molecule is CNc1cccc[n+]1OC.Cc1ccc(S(=O)(=O)[O-])cc1. The van der Waals surface area contributed by atoms with E-state index in [2.05, 4.69) is 5.32 Å². The number of pyridine rings is 1. The van der Waals surface area contributed by atoms with Crippen molar-refractivity contribution in [2.45, 2.75) is 11.8 Å². The lowest BCUT2D eigenvalue weighted by Gasteiger charge is -2.05. The summed E-state index contributed by atoms with van der Waals surface area (Å²) in [7, 11) is -0.792. The van der Waals surface area contributed by atoms with Gasteiger partial charge < -0.3 is 9.39 Å². The molecule has 114 valence electrons. The molecular formula is C14H18N2O4S. The van der Waals surface area contributed by atoms with Crippen LogP contribution in [0, 0.1) is 6.92 Å². The van der Waals surface area contributed by atoms with Crippen LogP contribution >= 0.6 is 0 Å². The third kappa shape index (κ3) is 5.41. The second-order valence-corrected chi connectivity index (χ2v) is 5.49. The highest BCUT2D eigenvalue weighted by molar-refractivity contribution is 7.85. The van der Waals surface area contributed by atoms with Gasteiger partial charge in [0.2, 0.25) is 0 Å². The van der Waals surface area contributed by atoms with Crippen molar-refractivity contribution in [3.8, 4) is 0 Å². The summed E-state index contributed by atoms with van der Waals surface area (Å²) in [5.41, 5.74) is 0.928. The Morgan fingerprint density at radius 1 is 1.14 bits per heavy atom. The van der Waals surface area contributed by atoms with Gasteiger partial charge in [-0.25, -0.2) is 8.42 Å². The molecule has 1 aromatic heterocycles. The van der Waals surface area contributed by atoms with Gasteiger partial charge in [0.05, 0.1) is 11.9 Å². The Kier molecular flexibility index (Phi) is 6.13. The van der Waals surface area contributed by atoms with Crippen molar-refractivity contribution in [2.75, 3.05) is 19.5 Å². The predicted octanol–water partition coefficient (Wildman–Crippen LogP) is 0.973. The normalized spacial score (nSPS) is 10.3. The Hall–Kier alpha value is -2.12. The number of benzene rings is 1. The second-order valence-electron chi connectivity index (χ2n) is 4.11. The number of hydrogen-bond donors (Lipinski definition) is 1. The van der Waals surface area contributed by atoms with Crippen LogP contribution in [-0.2, 0) is 10.1 Å². The van der Waals surface area contributed by atoms with E-state index in [0.29, 0.717) is 0 Å². The molecule has 0 unspecified atom stereocenters. The summed E-state index contributed by atoms with van der Waals surface area (Å²) in [6.07, 6.45) is 1.84. The molecule has 0 aliphatic carbocycles. The van der Waals surface area contributed by atoms with E-state index in [1.54, 1.807) is 24.0 Å². The van der Waals surface area contributed by atoms with Gasteiger partial charge in [-0.1, -0.05) is 28.5 Å². The van der Waals surface area contributed by atoms with Gasteiger partial charge in [-0.3, -0.25) is 5.32 Å². The minimum Gasteiger partial charge on any atom is -0.744 e. The lowest BCUT2D eigenvalue weighted by Crippen LogP contribution is -2.42. The Bertz CT molecular complexity index is 647. The van der Waals surface area contributed by atoms with Crippen molar-refractivity contribution >= 4 is 15.9 Å². The summed E-state index contributed by atoms with van der Waals surface area (Å²) >= 11 is 0. The highest BCUT2D eigenvalue weighted by Crippen LogP contribution is 2.08. The molecule has 2 rings (SSSR count). The Balaban J connectivity index is 0.000000211. The van der Waals surface area contributed by atoms with Crippen molar-refractivity contribution in [1.29, 1.82) is 0 Å². The van der Waals surface area contributed by atoms with Crippen LogP contribution in [0.1, 0.15) is 5.56 Å². The molecule has 0 fully saturated rings. The molecule has 6 nitrogen and oxygen atoms in total. The zero-order chi connectivity index (χ0) is 15.9. The number of aryl methyl sites for hydroxylation is 1. The number of nitrogens with zero attached hydrogens (tertiary/aromatic N) is 1. The van der Waals surface area contributed by atoms with E-state index in [1.807, 2.05) is 38.4 Å². The van der Waals surface area contributed by atoms with Gasteiger partial charge in [0.1, 0.15) is 23.4 Å². The average molecular weight is 310 g/mol. The Morgan fingerprint density at radius 2 is 1.76 bits per heavy atom. The Morgan fingerprint density at radius 3 is 2.19 bits per heavy atom. The van der Waals surface area contributed by atoms with Crippen LogP contribution in [0.4, 0.5) is 5.82 Å². The molecule has 1 aromatic carbocycles. The zero-order valence-electron chi connectivity index (χ0n) is 12.1. The largest absolute Gasteiger partial charge is 0.744 e. The zero-order valence-corrected chi connectivity index (χ0v) is 12.9. The molecule has 0 saturated carbocycles. The van der Waals surface area contributed by atoms with E-state index in [0.717, 1.165) is 11.4 Å². The molecule has 0 spiro atoms. The molecule has 0 radical (unpaired) electrons. The van der Waals surface area contributed by atoms with Gasteiger partial charge in [-0.15, -0.1) is 0 Å². The first-order valence-electron chi connectivity index (χ1n) is 6.14. The number of anilines is 1. The minimum atomic E-state index is -4.27. The van der Waals surface area contributed by atoms with Gasteiger partial charge in [0.15, 0.2) is 0 Å². The highest BCUT2D eigenvalue weighted by atomic mass is 32.2. The van der Waals surface area contributed by atoms with Crippen molar-refractivity contribution in [1.82, 2.24) is 0 Å². The standard InChI is InChI=1S/C7H10N2O.C7H8O3S/c1-8-7-5-3-4-6-9(7)10-2;1-6-2-4-7(5-3-6)11(8,9)10/h3-6H,1-2H3;2-5H,1H3,(H,8,9,10). The lowest BCUT2D eigenvalue weighted by molar-refractivity contribution is -0.874. The van der Waals surface area contributed by atoms with E-state index in [4.69, 9.17) is 4.84 Å². The minimum absolute atomic E-state index is 0.178. The number of aromatic nitrogens is 1. The molecule has 0 bridgehead atoms. The van der Waals surface area contributed by atoms with Gasteiger partial charge in [-0.2, -0.15) is 0 Å². The van der Waals surface area contributed by atoms with E-state index >= 15 is 0 Å². The van der Waals surface area contributed by atoms with Gasteiger partial charge in [0.25, 0.3) is 0 Å². The molecule has 1 N–H and O–H groups in total. The van der Waals surface area contributed by atoms with Gasteiger partial charge in [0, 0.05) is 6.07 Å². The fourth-order valence-corrected chi connectivity index (χ4v) is 1.96. The maximum absolute atomic E-state index is 10.4. The quantitative estimate of drug-likeness (QED) is 0.675. The van der Waals surface area contributed by atoms with E-state index in [1.165, 1.54) is 12.1 Å². The highest BCUT2D eigenvalue weighted by Gasteiger charge is 2.01. The summed E-state index contributed by atoms with van der Waals surface area (Å²) in [5.74, 6) is 0.935. The maximum atomic E-state index is 10.4. The van der Waals surface area contributed by atoms with Crippen LogP contribution in [0.2, 0.25) is 0 Å². The smallest absolute Gasteiger partial charge is 0.313 e. The molecule has 0 aliphatic rings. The average Bonchev–Trinajstić information content (AvgIpc) is 2.47.